The normalized spacial score (nSPS) is 21.3. The molecule has 2 N–H and O–H groups in total. The maximum atomic E-state index is 10.4. The summed E-state index contributed by atoms with van der Waals surface area (Å²) in [5, 5.41) is 8.57. The van der Waals surface area contributed by atoms with E-state index in [0.29, 0.717) is 0 Å². The van der Waals surface area contributed by atoms with Gasteiger partial charge in [0.25, 0.3) is 0 Å². The highest BCUT2D eigenvalue weighted by Crippen LogP contribution is 2.19. The molecule has 0 radical (unpaired) electrons. The Bertz CT molecular complexity index is 166. The molecule has 76 valence electrons. The monoisotopic (exact) mass is 187 g/mol. The molecule has 0 aromatic carbocycles. The van der Waals surface area contributed by atoms with Crippen molar-refractivity contribution in [3.05, 3.63) is 0 Å². The topological polar surface area (TPSA) is 58.6 Å². The molecule has 0 aromatic rings. The van der Waals surface area contributed by atoms with Gasteiger partial charge in [0.2, 0.25) is 0 Å². The van der Waals surface area contributed by atoms with Gasteiger partial charge in [0.05, 0.1) is 6.10 Å². The van der Waals surface area contributed by atoms with Crippen molar-refractivity contribution in [2.45, 2.75) is 51.2 Å². The van der Waals surface area contributed by atoms with Gasteiger partial charge in [0.1, 0.15) is 6.04 Å². The maximum absolute atomic E-state index is 10.4. The number of carbonyl (C=O) groups is 1. The van der Waals surface area contributed by atoms with Gasteiger partial charge >= 0.3 is 5.97 Å². The van der Waals surface area contributed by atoms with Crippen molar-refractivity contribution in [3.63, 3.8) is 0 Å². The van der Waals surface area contributed by atoms with E-state index in [9.17, 15) is 4.79 Å². The quantitative estimate of drug-likeness (QED) is 0.651. The van der Waals surface area contributed by atoms with Crippen molar-refractivity contribution in [2.24, 2.45) is 0 Å². The van der Waals surface area contributed by atoms with Crippen LogP contribution in [-0.4, -0.2) is 23.2 Å². The van der Waals surface area contributed by atoms with Gasteiger partial charge in [-0.05, 0) is 19.8 Å². The maximum Gasteiger partial charge on any atom is 0.322 e. The second-order valence-electron chi connectivity index (χ2n) is 3.56. The fraction of sp³-hybridized carbons (Fsp3) is 0.889. The van der Waals surface area contributed by atoms with Gasteiger partial charge < -0.3 is 5.11 Å². The third-order valence-corrected chi connectivity index (χ3v) is 2.33. The third kappa shape index (κ3) is 3.74. The lowest BCUT2D eigenvalue weighted by molar-refractivity contribution is -0.146. The molecule has 13 heavy (non-hydrogen) atoms. The van der Waals surface area contributed by atoms with E-state index in [2.05, 4.69) is 5.48 Å². The molecule has 0 saturated heterocycles. The van der Waals surface area contributed by atoms with Crippen LogP contribution in [0.4, 0.5) is 0 Å². The zero-order valence-electron chi connectivity index (χ0n) is 7.95. The van der Waals surface area contributed by atoms with Gasteiger partial charge in [0, 0.05) is 0 Å². The first-order valence-electron chi connectivity index (χ1n) is 4.84. The van der Waals surface area contributed by atoms with Gasteiger partial charge in [-0.15, -0.1) is 0 Å². The van der Waals surface area contributed by atoms with Gasteiger partial charge in [0.15, 0.2) is 0 Å². The van der Waals surface area contributed by atoms with Crippen molar-refractivity contribution in [3.8, 4) is 0 Å². The fourth-order valence-corrected chi connectivity index (χ4v) is 1.43. The average Bonchev–Trinajstić information content (AvgIpc) is 2.15. The van der Waals surface area contributed by atoms with Crippen LogP contribution in [-0.2, 0) is 9.63 Å². The second-order valence-corrected chi connectivity index (χ2v) is 3.56. The lowest BCUT2D eigenvalue weighted by Gasteiger charge is -2.22. The number of nitrogens with one attached hydrogen (secondary N) is 1. The molecule has 1 fully saturated rings. The molecule has 4 heteroatoms. The number of hydrogen-bond acceptors (Lipinski definition) is 3. The number of rotatable bonds is 4. The molecule has 0 bridgehead atoms. The molecule has 0 spiro atoms. The molecule has 0 unspecified atom stereocenters. The molecule has 1 atom stereocenters. The van der Waals surface area contributed by atoms with Crippen LogP contribution >= 0.6 is 0 Å². The van der Waals surface area contributed by atoms with Crippen molar-refractivity contribution >= 4 is 5.97 Å². The summed E-state index contributed by atoms with van der Waals surface area (Å²) in [6, 6.07) is -0.623. The average molecular weight is 187 g/mol. The van der Waals surface area contributed by atoms with Crippen molar-refractivity contribution < 1.29 is 14.7 Å². The third-order valence-electron chi connectivity index (χ3n) is 2.33. The standard InChI is InChI=1S/C9H17NO3/c1-7(9(11)12)10-13-8-5-3-2-4-6-8/h7-8,10H,2-6H2,1H3,(H,11,12)/t7-/m0/s1. The van der Waals surface area contributed by atoms with Crippen LogP contribution in [0, 0.1) is 0 Å². The van der Waals surface area contributed by atoms with Crippen LogP contribution in [0.25, 0.3) is 0 Å². The van der Waals surface area contributed by atoms with E-state index in [-0.39, 0.29) is 6.10 Å². The molecule has 0 aromatic heterocycles. The second kappa shape index (κ2) is 5.19. The van der Waals surface area contributed by atoms with Crippen LogP contribution in [0.1, 0.15) is 39.0 Å². The number of carboxylic acid groups (broad SMARTS) is 1. The van der Waals surface area contributed by atoms with Gasteiger partial charge in [-0.1, -0.05) is 19.3 Å². The molecular formula is C9H17NO3. The predicted octanol–water partition coefficient (Wildman–Crippen LogP) is 1.31. The Hall–Kier alpha value is -0.610. The van der Waals surface area contributed by atoms with E-state index in [1.165, 1.54) is 19.3 Å². The van der Waals surface area contributed by atoms with Gasteiger partial charge in [-0.2, -0.15) is 5.48 Å². The fourth-order valence-electron chi connectivity index (χ4n) is 1.43. The summed E-state index contributed by atoms with van der Waals surface area (Å²) in [7, 11) is 0. The van der Waals surface area contributed by atoms with E-state index in [0.717, 1.165) is 12.8 Å². The first-order valence-corrected chi connectivity index (χ1v) is 4.84. The Balaban J connectivity index is 2.13. The van der Waals surface area contributed by atoms with E-state index < -0.39 is 12.0 Å². The Labute approximate surface area is 78.2 Å². The molecular weight excluding hydrogens is 170 g/mol. The SMILES string of the molecule is C[C@H](NOC1CCCCC1)C(=O)O. The zero-order valence-corrected chi connectivity index (χ0v) is 7.95. The Kier molecular flexibility index (Phi) is 4.18. The van der Waals surface area contributed by atoms with Gasteiger partial charge in [-0.3, -0.25) is 9.63 Å². The largest absolute Gasteiger partial charge is 0.480 e. The highest BCUT2D eigenvalue weighted by molar-refractivity contribution is 5.72. The van der Waals surface area contributed by atoms with Crippen molar-refractivity contribution in [1.29, 1.82) is 0 Å². The number of aliphatic carboxylic acids is 1. The number of carboxylic acids is 1. The highest BCUT2D eigenvalue weighted by Gasteiger charge is 2.17. The molecule has 0 amide bonds. The summed E-state index contributed by atoms with van der Waals surface area (Å²) in [6.07, 6.45) is 5.93. The molecule has 0 heterocycles. The summed E-state index contributed by atoms with van der Waals surface area (Å²) < 4.78 is 0. The Morgan fingerprint density at radius 3 is 2.62 bits per heavy atom. The predicted molar refractivity (Wildman–Crippen MR) is 48.2 cm³/mol. The summed E-state index contributed by atoms with van der Waals surface area (Å²) in [6.45, 7) is 1.57. The molecule has 1 saturated carbocycles. The van der Waals surface area contributed by atoms with E-state index in [4.69, 9.17) is 9.94 Å². The summed E-state index contributed by atoms with van der Waals surface area (Å²) in [4.78, 5) is 15.7. The molecule has 1 aliphatic rings. The number of hydrogen-bond donors (Lipinski definition) is 2. The molecule has 4 nitrogen and oxygen atoms in total. The lowest BCUT2D eigenvalue weighted by atomic mass is 9.98. The van der Waals surface area contributed by atoms with Crippen LogP contribution in [0.5, 0.6) is 0 Å². The minimum Gasteiger partial charge on any atom is -0.480 e. The smallest absolute Gasteiger partial charge is 0.322 e. The summed E-state index contributed by atoms with van der Waals surface area (Å²) in [5.41, 5.74) is 2.55. The minimum absolute atomic E-state index is 0.204. The number of hydroxylamine groups is 1. The minimum atomic E-state index is -0.879. The van der Waals surface area contributed by atoms with Crippen LogP contribution < -0.4 is 5.48 Å². The van der Waals surface area contributed by atoms with Crippen LogP contribution in [0.3, 0.4) is 0 Å². The summed E-state index contributed by atoms with van der Waals surface area (Å²) >= 11 is 0. The lowest BCUT2D eigenvalue weighted by Crippen LogP contribution is -2.37. The van der Waals surface area contributed by atoms with E-state index in [1.54, 1.807) is 6.92 Å². The molecule has 0 aliphatic heterocycles. The Morgan fingerprint density at radius 1 is 1.46 bits per heavy atom. The van der Waals surface area contributed by atoms with E-state index in [1.807, 2.05) is 0 Å². The Morgan fingerprint density at radius 2 is 2.08 bits per heavy atom. The highest BCUT2D eigenvalue weighted by atomic mass is 16.7. The van der Waals surface area contributed by atoms with E-state index >= 15 is 0 Å². The molecule has 1 rings (SSSR count). The van der Waals surface area contributed by atoms with Crippen LogP contribution in [0.15, 0.2) is 0 Å². The van der Waals surface area contributed by atoms with Crippen LogP contribution in [0.2, 0.25) is 0 Å². The first kappa shape index (κ1) is 10.5. The molecule has 1 aliphatic carbocycles. The zero-order chi connectivity index (χ0) is 9.68. The van der Waals surface area contributed by atoms with Crippen molar-refractivity contribution in [2.75, 3.05) is 0 Å². The summed E-state index contributed by atoms with van der Waals surface area (Å²) in [5.74, 6) is -0.879. The van der Waals surface area contributed by atoms with Gasteiger partial charge in [-0.25, -0.2) is 0 Å². The van der Waals surface area contributed by atoms with Crippen molar-refractivity contribution in [1.82, 2.24) is 5.48 Å². The first-order chi connectivity index (χ1) is 6.20.